The summed E-state index contributed by atoms with van der Waals surface area (Å²) in [5.41, 5.74) is 4.93. The summed E-state index contributed by atoms with van der Waals surface area (Å²) < 4.78 is 20.6. The molecule has 41 heavy (non-hydrogen) atoms. The molecular formula is C31H30ClN3O5S. The number of hydrogen-bond donors (Lipinski definition) is 0. The van der Waals surface area contributed by atoms with Gasteiger partial charge in [-0.1, -0.05) is 29.0 Å². The van der Waals surface area contributed by atoms with Gasteiger partial charge in [-0.25, -0.2) is 9.79 Å². The molecule has 0 radical (unpaired) electrons. The van der Waals surface area contributed by atoms with Crippen LogP contribution in [0.1, 0.15) is 42.4 Å². The van der Waals surface area contributed by atoms with E-state index in [-0.39, 0.29) is 17.7 Å². The maximum atomic E-state index is 14.1. The molecule has 10 heteroatoms. The van der Waals surface area contributed by atoms with Crippen molar-refractivity contribution in [1.82, 2.24) is 9.13 Å². The lowest BCUT2D eigenvalue weighted by atomic mass is 9.95. The number of hydrogen-bond acceptors (Lipinski definition) is 7. The van der Waals surface area contributed by atoms with E-state index >= 15 is 0 Å². The molecule has 1 atom stereocenters. The van der Waals surface area contributed by atoms with Crippen LogP contribution >= 0.6 is 22.9 Å². The second-order valence-electron chi connectivity index (χ2n) is 9.55. The second kappa shape index (κ2) is 11.4. The van der Waals surface area contributed by atoms with Gasteiger partial charge in [-0.05, 0) is 75.7 Å². The Labute approximate surface area is 246 Å². The van der Waals surface area contributed by atoms with E-state index in [1.54, 1.807) is 43.7 Å². The molecule has 5 rings (SSSR count). The normalized spacial score (nSPS) is 15.0. The number of allylic oxidation sites excluding steroid dienone is 1. The first-order valence-electron chi connectivity index (χ1n) is 13.0. The van der Waals surface area contributed by atoms with Crippen molar-refractivity contribution in [3.05, 3.63) is 107 Å². The molecule has 4 aromatic rings. The molecule has 2 aromatic carbocycles. The van der Waals surface area contributed by atoms with Crippen molar-refractivity contribution in [2.24, 2.45) is 4.99 Å². The smallest absolute Gasteiger partial charge is 0.338 e. The van der Waals surface area contributed by atoms with Crippen LogP contribution in [-0.2, 0) is 9.53 Å². The van der Waals surface area contributed by atoms with Crippen molar-refractivity contribution in [2.45, 2.75) is 33.7 Å². The van der Waals surface area contributed by atoms with Crippen molar-refractivity contribution in [2.75, 3.05) is 20.8 Å². The highest BCUT2D eigenvalue weighted by molar-refractivity contribution is 7.07. The number of esters is 1. The number of halogens is 1. The molecule has 1 aliphatic heterocycles. The average Bonchev–Trinajstić information content (AvgIpc) is 3.41. The zero-order valence-corrected chi connectivity index (χ0v) is 25.2. The number of aromatic nitrogens is 2. The van der Waals surface area contributed by atoms with Gasteiger partial charge >= 0.3 is 5.97 Å². The Balaban J connectivity index is 1.72. The van der Waals surface area contributed by atoms with Crippen molar-refractivity contribution >= 4 is 35.0 Å². The molecule has 0 spiro atoms. The number of rotatable bonds is 7. The number of nitrogens with zero attached hydrogens (tertiary/aromatic N) is 3. The Morgan fingerprint density at radius 2 is 1.88 bits per heavy atom. The maximum absolute atomic E-state index is 14.1. The van der Waals surface area contributed by atoms with Crippen molar-refractivity contribution in [1.29, 1.82) is 0 Å². The molecule has 0 saturated carbocycles. The lowest BCUT2D eigenvalue weighted by Crippen LogP contribution is -2.40. The second-order valence-corrected chi connectivity index (χ2v) is 11.0. The maximum Gasteiger partial charge on any atom is 0.338 e. The fourth-order valence-corrected chi connectivity index (χ4v) is 6.44. The molecule has 0 aliphatic carbocycles. The van der Waals surface area contributed by atoms with E-state index in [0.29, 0.717) is 37.1 Å². The summed E-state index contributed by atoms with van der Waals surface area (Å²) in [6, 6.07) is 14.2. The number of ether oxygens (including phenoxy) is 3. The van der Waals surface area contributed by atoms with Crippen LogP contribution in [0, 0.1) is 13.8 Å². The average molecular weight is 592 g/mol. The van der Waals surface area contributed by atoms with E-state index < -0.39 is 12.0 Å². The Hall–Kier alpha value is -4.08. The summed E-state index contributed by atoms with van der Waals surface area (Å²) in [6.45, 7) is 7.70. The summed E-state index contributed by atoms with van der Waals surface area (Å²) in [6.07, 6.45) is 1.87. The van der Waals surface area contributed by atoms with E-state index in [1.807, 2.05) is 50.3 Å². The van der Waals surface area contributed by atoms with Gasteiger partial charge in [-0.3, -0.25) is 9.36 Å². The van der Waals surface area contributed by atoms with Gasteiger partial charge in [0.25, 0.3) is 5.56 Å². The zero-order valence-electron chi connectivity index (χ0n) is 23.6. The fourth-order valence-electron chi connectivity index (χ4n) is 5.22. The standard InChI is InChI=1S/C31H30ClN3O5S/c1-7-40-30(37)27-18(3)33-31-35(28(27)24-12-11-23(38-5)16-25(24)39-6)29(36)26(41-31)14-20-13-17(2)34(19(20)4)22-10-8-9-21(32)15-22/h8-16,28H,7H2,1-6H3/b26-14+/t28-/m0/s1. The molecular weight excluding hydrogens is 562 g/mol. The minimum Gasteiger partial charge on any atom is -0.497 e. The van der Waals surface area contributed by atoms with Gasteiger partial charge in [-0.2, -0.15) is 0 Å². The number of methoxy groups -OCH3 is 2. The molecule has 0 unspecified atom stereocenters. The van der Waals surface area contributed by atoms with E-state index in [2.05, 4.69) is 9.56 Å². The van der Waals surface area contributed by atoms with Crippen LogP contribution in [0.4, 0.5) is 0 Å². The molecule has 2 aromatic heterocycles. The molecule has 0 bridgehead atoms. The number of carbonyl (C=O) groups excluding carboxylic acids is 1. The Morgan fingerprint density at radius 1 is 1.10 bits per heavy atom. The van der Waals surface area contributed by atoms with Crippen LogP contribution in [0.15, 0.2) is 69.6 Å². The number of fused-ring (bicyclic) bond motifs is 1. The summed E-state index contributed by atoms with van der Waals surface area (Å²) in [5.74, 6) is 0.535. The number of thiazole rings is 1. The van der Waals surface area contributed by atoms with Crippen LogP contribution < -0.4 is 24.4 Å². The third kappa shape index (κ3) is 5.11. The molecule has 0 amide bonds. The van der Waals surface area contributed by atoms with Crippen LogP contribution in [-0.4, -0.2) is 35.9 Å². The van der Waals surface area contributed by atoms with Crippen LogP contribution in [0.2, 0.25) is 5.02 Å². The lowest BCUT2D eigenvalue weighted by Gasteiger charge is -2.26. The summed E-state index contributed by atoms with van der Waals surface area (Å²) in [5, 5.41) is 0.645. The molecule has 212 valence electrons. The predicted octanol–water partition coefficient (Wildman–Crippen LogP) is 4.88. The Bertz CT molecular complexity index is 1880. The number of aryl methyl sites for hydroxylation is 1. The van der Waals surface area contributed by atoms with Crippen molar-refractivity contribution < 1.29 is 19.0 Å². The Kier molecular flexibility index (Phi) is 7.93. The van der Waals surface area contributed by atoms with Crippen LogP contribution in [0.5, 0.6) is 11.5 Å². The van der Waals surface area contributed by atoms with E-state index in [9.17, 15) is 9.59 Å². The van der Waals surface area contributed by atoms with Gasteiger partial charge in [0.1, 0.15) is 17.5 Å². The first kappa shape index (κ1) is 28.4. The fraction of sp³-hybridized carbons (Fsp3) is 0.258. The monoisotopic (exact) mass is 591 g/mol. The van der Waals surface area contributed by atoms with E-state index in [1.165, 1.54) is 18.4 Å². The quantitative estimate of drug-likeness (QED) is 0.286. The van der Waals surface area contributed by atoms with Gasteiger partial charge in [-0.15, -0.1) is 0 Å². The largest absolute Gasteiger partial charge is 0.497 e. The van der Waals surface area contributed by atoms with Crippen LogP contribution in [0.3, 0.4) is 0 Å². The zero-order chi connectivity index (χ0) is 29.4. The summed E-state index contributed by atoms with van der Waals surface area (Å²) in [7, 11) is 3.10. The minimum absolute atomic E-state index is 0.189. The molecule has 8 nitrogen and oxygen atoms in total. The lowest BCUT2D eigenvalue weighted by molar-refractivity contribution is -0.139. The third-order valence-electron chi connectivity index (χ3n) is 7.08. The number of benzene rings is 2. The highest BCUT2D eigenvalue weighted by Crippen LogP contribution is 2.37. The SMILES string of the molecule is CCOC(=O)C1=C(C)N=c2s/c(=C/c3cc(C)n(-c4cccc(Cl)c4)c3C)c(=O)n2[C@H]1c1ccc(OC)cc1OC. The molecule has 0 saturated heterocycles. The summed E-state index contributed by atoms with van der Waals surface area (Å²) in [4.78, 5) is 32.5. The van der Waals surface area contributed by atoms with Gasteiger partial charge in [0.15, 0.2) is 4.80 Å². The highest BCUT2D eigenvalue weighted by Gasteiger charge is 2.35. The van der Waals surface area contributed by atoms with Crippen molar-refractivity contribution in [3.63, 3.8) is 0 Å². The van der Waals surface area contributed by atoms with Gasteiger partial charge in [0, 0.05) is 33.7 Å². The topological polar surface area (TPSA) is 84.1 Å². The van der Waals surface area contributed by atoms with E-state index in [0.717, 1.165) is 22.6 Å². The number of carbonyl (C=O) groups is 1. The molecule has 0 N–H and O–H groups in total. The van der Waals surface area contributed by atoms with Crippen molar-refractivity contribution in [3.8, 4) is 17.2 Å². The minimum atomic E-state index is -0.799. The van der Waals surface area contributed by atoms with E-state index in [4.69, 9.17) is 25.8 Å². The molecule has 3 heterocycles. The first-order chi connectivity index (χ1) is 19.7. The van der Waals surface area contributed by atoms with Gasteiger partial charge in [0.2, 0.25) is 0 Å². The predicted molar refractivity (Wildman–Crippen MR) is 160 cm³/mol. The molecule has 1 aliphatic rings. The highest BCUT2D eigenvalue weighted by atomic mass is 35.5. The Morgan fingerprint density at radius 3 is 2.56 bits per heavy atom. The first-order valence-corrected chi connectivity index (χ1v) is 14.2. The van der Waals surface area contributed by atoms with Gasteiger partial charge in [0.05, 0.1) is 36.6 Å². The summed E-state index contributed by atoms with van der Waals surface area (Å²) >= 11 is 7.53. The van der Waals surface area contributed by atoms with Gasteiger partial charge < -0.3 is 18.8 Å². The third-order valence-corrected chi connectivity index (χ3v) is 8.29. The van der Waals surface area contributed by atoms with Crippen LogP contribution in [0.25, 0.3) is 11.8 Å². The molecule has 0 fully saturated rings.